The van der Waals surface area contributed by atoms with Crippen molar-refractivity contribution in [2.75, 3.05) is 5.32 Å². The van der Waals surface area contributed by atoms with Crippen molar-refractivity contribution in [2.45, 2.75) is 38.2 Å². The van der Waals surface area contributed by atoms with Crippen LogP contribution in [0, 0.1) is 0 Å². The van der Waals surface area contributed by atoms with Gasteiger partial charge in [-0.15, -0.1) is 0 Å². The summed E-state index contributed by atoms with van der Waals surface area (Å²) in [6, 6.07) is 14.9. The maximum atomic E-state index is 12.5. The molecule has 0 radical (unpaired) electrons. The highest BCUT2D eigenvalue weighted by Crippen LogP contribution is 2.31. The first-order valence-corrected chi connectivity index (χ1v) is 10.9. The third-order valence-corrected chi connectivity index (χ3v) is 5.78. The Hall–Kier alpha value is -2.76. The quantitative estimate of drug-likeness (QED) is 0.418. The largest absolute Gasteiger partial charge is 0.459 e. The van der Waals surface area contributed by atoms with E-state index in [4.69, 9.17) is 32.4 Å². The Morgan fingerprint density at radius 3 is 2.39 bits per heavy atom. The minimum atomic E-state index is -0.408. The third-order valence-electron chi connectivity index (χ3n) is 5.23. The van der Waals surface area contributed by atoms with Crippen LogP contribution in [0.3, 0.4) is 0 Å². The Morgan fingerprint density at radius 2 is 1.68 bits per heavy atom. The highest BCUT2D eigenvalue weighted by Gasteiger charge is 2.19. The molecule has 1 aliphatic rings. The van der Waals surface area contributed by atoms with E-state index < -0.39 is 5.91 Å². The number of ether oxygens (including phenoxy) is 1. The standard InChI is InChI=1S/C24H21Cl2NO4/c25-16-8-11-19(20(26)14-16)21-12-13-22(31-21)23(28)27-17-9-6-15(7-10-17)24(29)30-18-4-2-1-3-5-18/h6-14,18H,1-5H2,(H,27,28). The molecule has 1 aromatic heterocycles. The summed E-state index contributed by atoms with van der Waals surface area (Å²) in [5.41, 5.74) is 1.65. The molecule has 1 aliphatic carbocycles. The van der Waals surface area contributed by atoms with Crippen LogP contribution in [0.2, 0.25) is 10.0 Å². The molecule has 4 rings (SSSR count). The molecule has 31 heavy (non-hydrogen) atoms. The SMILES string of the molecule is O=C(OC1CCCCC1)c1ccc(NC(=O)c2ccc(-c3ccc(Cl)cc3Cl)o2)cc1. The molecule has 0 saturated heterocycles. The number of amides is 1. The normalized spacial score (nSPS) is 14.3. The van der Waals surface area contributed by atoms with Gasteiger partial charge in [-0.25, -0.2) is 4.79 Å². The fraction of sp³-hybridized carbons (Fsp3) is 0.250. The molecule has 0 unspecified atom stereocenters. The lowest BCUT2D eigenvalue weighted by molar-refractivity contribution is 0.0211. The summed E-state index contributed by atoms with van der Waals surface area (Å²) in [6.07, 6.45) is 5.25. The number of anilines is 1. The van der Waals surface area contributed by atoms with Gasteiger partial charge in [0.1, 0.15) is 11.9 Å². The van der Waals surface area contributed by atoms with E-state index >= 15 is 0 Å². The number of halogens is 2. The van der Waals surface area contributed by atoms with Crippen LogP contribution in [0.1, 0.15) is 53.0 Å². The second kappa shape index (κ2) is 9.58. The molecule has 0 spiro atoms. The van der Waals surface area contributed by atoms with Gasteiger partial charge in [-0.3, -0.25) is 4.79 Å². The smallest absolute Gasteiger partial charge is 0.338 e. The molecule has 1 amide bonds. The van der Waals surface area contributed by atoms with Gasteiger partial charge in [0.15, 0.2) is 5.76 Å². The van der Waals surface area contributed by atoms with Gasteiger partial charge in [0.05, 0.1) is 10.6 Å². The van der Waals surface area contributed by atoms with Crippen molar-refractivity contribution in [3.05, 3.63) is 76.0 Å². The highest BCUT2D eigenvalue weighted by atomic mass is 35.5. The van der Waals surface area contributed by atoms with Crippen LogP contribution >= 0.6 is 23.2 Å². The number of nitrogens with one attached hydrogen (secondary N) is 1. The van der Waals surface area contributed by atoms with Gasteiger partial charge in [-0.05, 0) is 80.3 Å². The van der Waals surface area contributed by atoms with E-state index in [1.807, 2.05) is 0 Å². The Labute approximate surface area is 190 Å². The van der Waals surface area contributed by atoms with E-state index in [-0.39, 0.29) is 17.8 Å². The predicted molar refractivity (Wildman–Crippen MR) is 121 cm³/mol. The summed E-state index contributed by atoms with van der Waals surface area (Å²) in [5.74, 6) is -0.136. The minimum Gasteiger partial charge on any atom is -0.459 e. The Balaban J connectivity index is 1.38. The number of furan rings is 1. The number of hydrogen-bond donors (Lipinski definition) is 1. The van der Waals surface area contributed by atoms with Crippen LogP contribution in [0.4, 0.5) is 5.69 Å². The van der Waals surface area contributed by atoms with Crippen molar-refractivity contribution in [1.29, 1.82) is 0 Å². The summed E-state index contributed by atoms with van der Waals surface area (Å²) >= 11 is 12.1. The van der Waals surface area contributed by atoms with Crippen LogP contribution in [-0.4, -0.2) is 18.0 Å². The first kappa shape index (κ1) is 21.5. The van der Waals surface area contributed by atoms with Crippen molar-refractivity contribution in [2.24, 2.45) is 0 Å². The van der Waals surface area contributed by atoms with Crippen molar-refractivity contribution in [1.82, 2.24) is 0 Å². The zero-order valence-electron chi connectivity index (χ0n) is 16.7. The fourth-order valence-electron chi connectivity index (χ4n) is 3.58. The molecule has 1 N–H and O–H groups in total. The molecule has 160 valence electrons. The molecule has 3 aromatic rings. The Bertz CT molecular complexity index is 1090. The van der Waals surface area contributed by atoms with Crippen molar-refractivity contribution >= 4 is 40.8 Å². The lowest BCUT2D eigenvalue weighted by atomic mass is 9.98. The van der Waals surface area contributed by atoms with Crippen molar-refractivity contribution in [3.63, 3.8) is 0 Å². The monoisotopic (exact) mass is 457 g/mol. The molecule has 0 atom stereocenters. The van der Waals surface area contributed by atoms with Gasteiger partial charge in [0.25, 0.3) is 5.91 Å². The maximum Gasteiger partial charge on any atom is 0.338 e. The molecule has 1 heterocycles. The van der Waals surface area contributed by atoms with Gasteiger partial charge in [-0.2, -0.15) is 0 Å². The average molecular weight is 458 g/mol. The topological polar surface area (TPSA) is 68.5 Å². The summed E-state index contributed by atoms with van der Waals surface area (Å²) in [7, 11) is 0. The van der Waals surface area contributed by atoms with E-state index in [0.29, 0.717) is 32.6 Å². The molecular weight excluding hydrogens is 437 g/mol. The van der Waals surface area contributed by atoms with Crippen LogP contribution in [0.5, 0.6) is 0 Å². The van der Waals surface area contributed by atoms with Crippen LogP contribution in [-0.2, 0) is 4.74 Å². The highest BCUT2D eigenvalue weighted by molar-refractivity contribution is 6.36. The van der Waals surface area contributed by atoms with E-state index in [9.17, 15) is 9.59 Å². The van der Waals surface area contributed by atoms with E-state index in [0.717, 1.165) is 25.7 Å². The zero-order chi connectivity index (χ0) is 21.8. The number of carbonyl (C=O) groups excluding carboxylic acids is 2. The molecule has 5 nitrogen and oxygen atoms in total. The lowest BCUT2D eigenvalue weighted by Gasteiger charge is -2.21. The summed E-state index contributed by atoms with van der Waals surface area (Å²) in [4.78, 5) is 24.8. The molecular formula is C24H21Cl2NO4. The number of hydrogen-bond acceptors (Lipinski definition) is 4. The summed E-state index contributed by atoms with van der Waals surface area (Å²) < 4.78 is 11.2. The van der Waals surface area contributed by atoms with Gasteiger partial charge < -0.3 is 14.5 Å². The zero-order valence-corrected chi connectivity index (χ0v) is 18.2. The predicted octanol–water partition coefficient (Wildman–Crippen LogP) is 7.00. The minimum absolute atomic E-state index is 0.00270. The maximum absolute atomic E-state index is 12.5. The number of rotatable bonds is 5. The van der Waals surface area contributed by atoms with Gasteiger partial charge >= 0.3 is 5.97 Å². The Kier molecular flexibility index (Phi) is 6.64. The lowest BCUT2D eigenvalue weighted by Crippen LogP contribution is -2.20. The molecule has 7 heteroatoms. The molecule has 0 bridgehead atoms. The van der Waals surface area contributed by atoms with E-state index in [2.05, 4.69) is 5.32 Å². The molecule has 2 aromatic carbocycles. The Morgan fingerprint density at radius 1 is 0.935 bits per heavy atom. The van der Waals surface area contributed by atoms with Gasteiger partial charge in [-0.1, -0.05) is 29.6 Å². The summed E-state index contributed by atoms with van der Waals surface area (Å²) in [6.45, 7) is 0. The second-order valence-electron chi connectivity index (χ2n) is 7.48. The first-order chi connectivity index (χ1) is 15.0. The van der Waals surface area contributed by atoms with Gasteiger partial charge in [0, 0.05) is 16.3 Å². The van der Waals surface area contributed by atoms with Crippen LogP contribution < -0.4 is 5.32 Å². The van der Waals surface area contributed by atoms with Crippen molar-refractivity contribution in [3.8, 4) is 11.3 Å². The molecule has 0 aliphatic heterocycles. The third kappa shape index (κ3) is 5.30. The number of benzene rings is 2. The summed E-state index contributed by atoms with van der Waals surface area (Å²) in [5, 5.41) is 3.71. The number of esters is 1. The van der Waals surface area contributed by atoms with Crippen molar-refractivity contribution < 1.29 is 18.7 Å². The van der Waals surface area contributed by atoms with Crippen LogP contribution in [0.15, 0.2) is 59.0 Å². The molecule has 1 saturated carbocycles. The van der Waals surface area contributed by atoms with E-state index in [1.54, 1.807) is 54.6 Å². The van der Waals surface area contributed by atoms with E-state index in [1.165, 1.54) is 6.42 Å². The molecule has 1 fully saturated rings. The fourth-order valence-corrected chi connectivity index (χ4v) is 4.08. The second-order valence-corrected chi connectivity index (χ2v) is 8.33. The average Bonchev–Trinajstić information content (AvgIpc) is 3.25. The van der Waals surface area contributed by atoms with Crippen LogP contribution in [0.25, 0.3) is 11.3 Å². The number of carbonyl (C=O) groups is 2. The first-order valence-electron chi connectivity index (χ1n) is 10.2. The van der Waals surface area contributed by atoms with Gasteiger partial charge in [0.2, 0.25) is 0 Å².